The van der Waals surface area contributed by atoms with Crippen LogP contribution in [0.4, 0.5) is 0 Å². The summed E-state index contributed by atoms with van der Waals surface area (Å²) < 4.78 is 5.81. The maximum absolute atomic E-state index is 11.2. The molecule has 2 heterocycles. The van der Waals surface area contributed by atoms with Crippen LogP contribution in [-0.4, -0.2) is 11.9 Å². The second-order valence-electron chi connectivity index (χ2n) is 2.69. The van der Waals surface area contributed by atoms with Crippen molar-refractivity contribution in [2.75, 3.05) is 0 Å². The molecular formula is C9H6BrNO2S. The third-order valence-electron chi connectivity index (χ3n) is 1.60. The summed E-state index contributed by atoms with van der Waals surface area (Å²) in [5, 5.41) is 0. The average Bonchev–Trinajstić information content (AvgIpc) is 2.61. The van der Waals surface area contributed by atoms with Gasteiger partial charge in [-0.1, -0.05) is 0 Å². The summed E-state index contributed by atoms with van der Waals surface area (Å²) in [6.07, 6.45) is 1.72. The Morgan fingerprint density at radius 1 is 1.57 bits per heavy atom. The van der Waals surface area contributed by atoms with E-state index in [4.69, 9.17) is 4.74 Å². The average molecular weight is 272 g/mol. The zero-order valence-electron chi connectivity index (χ0n) is 7.28. The highest BCUT2D eigenvalue weighted by Gasteiger charge is 2.19. The monoisotopic (exact) mass is 271 g/mol. The molecule has 1 aliphatic heterocycles. The molecule has 0 saturated heterocycles. The molecule has 0 aromatic carbocycles. The molecule has 2 rings (SSSR count). The molecule has 0 aliphatic carbocycles. The minimum Gasteiger partial charge on any atom is -0.407 e. The Kier molecular flexibility index (Phi) is 2.52. The van der Waals surface area contributed by atoms with Gasteiger partial charge in [-0.3, -0.25) is 0 Å². The van der Waals surface area contributed by atoms with Gasteiger partial charge < -0.3 is 4.74 Å². The molecule has 14 heavy (non-hydrogen) atoms. The van der Waals surface area contributed by atoms with E-state index in [0.29, 0.717) is 11.6 Å². The lowest BCUT2D eigenvalue weighted by Gasteiger charge is -1.88. The van der Waals surface area contributed by atoms with E-state index in [9.17, 15) is 4.79 Å². The van der Waals surface area contributed by atoms with Crippen LogP contribution in [0.25, 0.3) is 6.08 Å². The topological polar surface area (TPSA) is 38.7 Å². The van der Waals surface area contributed by atoms with Gasteiger partial charge in [-0.2, -0.15) is 0 Å². The molecular weight excluding hydrogens is 266 g/mol. The normalized spacial score (nSPS) is 18.6. The minimum atomic E-state index is -0.382. The first-order chi connectivity index (χ1) is 6.65. The molecule has 5 heteroatoms. The molecule has 0 amide bonds. The van der Waals surface area contributed by atoms with Gasteiger partial charge >= 0.3 is 5.97 Å². The van der Waals surface area contributed by atoms with E-state index in [1.54, 1.807) is 24.3 Å². The van der Waals surface area contributed by atoms with Crippen molar-refractivity contribution in [1.29, 1.82) is 0 Å². The predicted octanol–water partition coefficient (Wildman–Crippen LogP) is 2.83. The fourth-order valence-electron chi connectivity index (χ4n) is 1.06. The molecule has 0 atom stereocenters. The molecule has 0 spiro atoms. The van der Waals surface area contributed by atoms with E-state index in [1.165, 1.54) is 0 Å². The van der Waals surface area contributed by atoms with Gasteiger partial charge in [0.05, 0.1) is 3.79 Å². The largest absolute Gasteiger partial charge is 0.407 e. The van der Waals surface area contributed by atoms with Crippen molar-refractivity contribution >= 4 is 45.2 Å². The van der Waals surface area contributed by atoms with Crippen LogP contribution < -0.4 is 0 Å². The minimum absolute atomic E-state index is 0.358. The molecule has 0 bridgehead atoms. The van der Waals surface area contributed by atoms with E-state index >= 15 is 0 Å². The van der Waals surface area contributed by atoms with Gasteiger partial charge in [0, 0.05) is 11.8 Å². The lowest BCUT2D eigenvalue weighted by Crippen LogP contribution is -1.99. The van der Waals surface area contributed by atoms with Gasteiger partial charge in [0.25, 0.3) is 0 Å². The highest BCUT2D eigenvalue weighted by molar-refractivity contribution is 9.11. The second kappa shape index (κ2) is 3.67. The van der Waals surface area contributed by atoms with Crippen molar-refractivity contribution in [3.8, 4) is 0 Å². The smallest absolute Gasteiger partial charge is 0.363 e. The van der Waals surface area contributed by atoms with E-state index in [-0.39, 0.29) is 5.97 Å². The number of cyclic esters (lactones) is 1. The van der Waals surface area contributed by atoms with Crippen molar-refractivity contribution in [3.05, 3.63) is 26.5 Å². The maximum atomic E-state index is 11.2. The van der Waals surface area contributed by atoms with Gasteiger partial charge in [-0.15, -0.1) is 11.3 Å². The molecule has 1 aromatic rings. The first kappa shape index (κ1) is 9.61. The fraction of sp³-hybridized carbons (Fsp3) is 0.111. The van der Waals surface area contributed by atoms with Crippen LogP contribution in [0.3, 0.4) is 0 Å². The quantitative estimate of drug-likeness (QED) is 0.582. The molecule has 72 valence electrons. The number of hydrogen-bond donors (Lipinski definition) is 0. The summed E-state index contributed by atoms with van der Waals surface area (Å²) in [5.41, 5.74) is 0.358. The van der Waals surface area contributed by atoms with Crippen LogP contribution in [0.15, 0.2) is 26.6 Å². The number of rotatable bonds is 1. The van der Waals surface area contributed by atoms with Crippen LogP contribution in [-0.2, 0) is 9.53 Å². The number of esters is 1. The number of halogens is 1. The number of thiophene rings is 1. The summed E-state index contributed by atoms with van der Waals surface area (Å²) in [6.45, 7) is 1.66. The lowest BCUT2D eigenvalue weighted by molar-refractivity contribution is -0.130. The van der Waals surface area contributed by atoms with E-state index in [0.717, 1.165) is 8.66 Å². The number of ether oxygens (including phenoxy) is 1. The van der Waals surface area contributed by atoms with Gasteiger partial charge in [0.15, 0.2) is 11.6 Å². The summed E-state index contributed by atoms with van der Waals surface area (Å²) in [6, 6.07) is 3.84. The number of carbonyl (C=O) groups excluding carboxylic acids is 1. The van der Waals surface area contributed by atoms with Gasteiger partial charge in [-0.25, -0.2) is 9.79 Å². The van der Waals surface area contributed by atoms with Crippen molar-refractivity contribution in [1.82, 2.24) is 0 Å². The van der Waals surface area contributed by atoms with Crippen molar-refractivity contribution in [3.63, 3.8) is 0 Å². The summed E-state index contributed by atoms with van der Waals surface area (Å²) in [5.74, 6) is 0.0175. The molecule has 0 fully saturated rings. The van der Waals surface area contributed by atoms with Crippen LogP contribution in [0.2, 0.25) is 0 Å². The molecule has 1 aromatic heterocycles. The van der Waals surface area contributed by atoms with Gasteiger partial charge in [0.1, 0.15) is 0 Å². The third-order valence-corrected chi connectivity index (χ3v) is 3.17. The van der Waals surface area contributed by atoms with E-state index in [1.807, 2.05) is 12.1 Å². The molecule has 0 N–H and O–H groups in total. The lowest BCUT2D eigenvalue weighted by atomic mass is 10.3. The summed E-state index contributed by atoms with van der Waals surface area (Å²) >= 11 is 4.89. The standard InChI is InChI=1S/C9H6BrNO2S/c1-5-11-7(9(12)13-5)4-6-2-3-8(10)14-6/h2-4H,1H3/b7-4-. The van der Waals surface area contributed by atoms with Crippen molar-refractivity contribution in [2.24, 2.45) is 4.99 Å². The summed E-state index contributed by atoms with van der Waals surface area (Å²) in [7, 11) is 0. The zero-order valence-corrected chi connectivity index (χ0v) is 9.68. The van der Waals surface area contributed by atoms with E-state index < -0.39 is 0 Å². The maximum Gasteiger partial charge on any atom is 0.363 e. The van der Waals surface area contributed by atoms with Crippen molar-refractivity contribution < 1.29 is 9.53 Å². The SMILES string of the molecule is CC1=N/C(=C\c2ccc(Br)s2)C(=O)O1. The van der Waals surface area contributed by atoms with Crippen LogP contribution in [0.1, 0.15) is 11.8 Å². The Bertz CT molecular complexity index is 447. The molecule has 0 radical (unpaired) electrons. The van der Waals surface area contributed by atoms with Crippen molar-refractivity contribution in [2.45, 2.75) is 6.92 Å². The molecule has 1 aliphatic rings. The Morgan fingerprint density at radius 2 is 2.36 bits per heavy atom. The number of aliphatic imine (C=N–C) groups is 1. The molecule has 3 nitrogen and oxygen atoms in total. The van der Waals surface area contributed by atoms with Crippen LogP contribution >= 0.6 is 27.3 Å². The van der Waals surface area contributed by atoms with Gasteiger partial charge in [-0.05, 0) is 34.1 Å². The number of hydrogen-bond acceptors (Lipinski definition) is 4. The zero-order chi connectivity index (χ0) is 10.1. The molecule has 0 saturated carbocycles. The Hall–Kier alpha value is -0.940. The summed E-state index contributed by atoms with van der Waals surface area (Å²) in [4.78, 5) is 16.1. The highest BCUT2D eigenvalue weighted by Crippen LogP contribution is 2.25. The number of nitrogens with zero attached hydrogens (tertiary/aromatic N) is 1. The number of carbonyl (C=O) groups is 1. The Labute approximate surface area is 93.2 Å². The highest BCUT2D eigenvalue weighted by atomic mass is 79.9. The van der Waals surface area contributed by atoms with Crippen LogP contribution in [0, 0.1) is 0 Å². The van der Waals surface area contributed by atoms with Gasteiger partial charge in [0.2, 0.25) is 0 Å². The Morgan fingerprint density at radius 3 is 2.86 bits per heavy atom. The molecule has 0 unspecified atom stereocenters. The van der Waals surface area contributed by atoms with Crippen LogP contribution in [0.5, 0.6) is 0 Å². The Balaban J connectivity index is 2.31. The fourth-order valence-corrected chi connectivity index (χ4v) is 2.42. The first-order valence-corrected chi connectivity index (χ1v) is 5.50. The van der Waals surface area contributed by atoms with E-state index in [2.05, 4.69) is 20.9 Å². The third kappa shape index (κ3) is 1.93. The first-order valence-electron chi connectivity index (χ1n) is 3.89. The predicted molar refractivity (Wildman–Crippen MR) is 59.2 cm³/mol. The second-order valence-corrected chi connectivity index (χ2v) is 5.19.